The summed E-state index contributed by atoms with van der Waals surface area (Å²) in [6.07, 6.45) is 3.04. The topological polar surface area (TPSA) is 70.1 Å². The van der Waals surface area contributed by atoms with E-state index in [4.69, 9.17) is 11.6 Å². The van der Waals surface area contributed by atoms with Crippen molar-refractivity contribution in [3.63, 3.8) is 0 Å². The Labute approximate surface area is 176 Å². The van der Waals surface area contributed by atoms with Crippen LogP contribution in [-0.2, 0) is 0 Å². The zero-order valence-corrected chi connectivity index (χ0v) is 17.2. The maximum atomic E-state index is 13.1. The van der Waals surface area contributed by atoms with Crippen LogP contribution < -0.4 is 5.43 Å². The number of hydrazone groups is 1. The summed E-state index contributed by atoms with van der Waals surface area (Å²) in [6.45, 7) is 0. The third-order valence-corrected chi connectivity index (χ3v) is 6.29. The van der Waals surface area contributed by atoms with Crippen LogP contribution >= 0.6 is 38.9 Å². The van der Waals surface area contributed by atoms with Gasteiger partial charge in [-0.2, -0.15) is 10.2 Å². The zero-order valence-electron chi connectivity index (χ0n) is 14.0. The molecule has 0 atom stereocenters. The maximum Gasteiger partial charge on any atom is 0.283 e. The van der Waals surface area contributed by atoms with Crippen LogP contribution in [0.25, 0.3) is 21.3 Å². The van der Waals surface area contributed by atoms with Crippen LogP contribution in [0.3, 0.4) is 0 Å². The molecule has 2 N–H and O–H groups in total. The fraction of sp³-hybridized carbons (Fsp3) is 0. The van der Waals surface area contributed by atoms with Gasteiger partial charge in [0.1, 0.15) is 10.7 Å². The first-order valence-corrected chi connectivity index (χ1v) is 10.0. The van der Waals surface area contributed by atoms with Gasteiger partial charge in [-0.3, -0.25) is 9.89 Å². The number of nitrogens with one attached hydrogen (secondary N) is 2. The Kier molecular flexibility index (Phi) is 5.25. The number of carbonyl (C=O) groups excluding carboxylic acids is 1. The zero-order chi connectivity index (χ0) is 19.7. The largest absolute Gasteiger partial charge is 0.283 e. The summed E-state index contributed by atoms with van der Waals surface area (Å²) in [6, 6.07) is 11.6. The van der Waals surface area contributed by atoms with Gasteiger partial charge in [-0.15, -0.1) is 11.3 Å². The van der Waals surface area contributed by atoms with Gasteiger partial charge in [0.25, 0.3) is 5.91 Å². The molecule has 0 aliphatic rings. The van der Waals surface area contributed by atoms with Crippen LogP contribution in [0.15, 0.2) is 58.2 Å². The molecule has 9 heteroatoms. The van der Waals surface area contributed by atoms with E-state index in [1.165, 1.54) is 29.7 Å². The van der Waals surface area contributed by atoms with Crippen LogP contribution in [0.5, 0.6) is 0 Å². The standard InChI is InChI=1S/C19H11BrClFN4OS/c20-13-2-1-3-14-15(13)16(21)18(28-14)19(27)26-24-9-11-8-23-25-17(11)10-4-6-12(22)7-5-10/h1-9H,(H,23,25)(H,26,27)/b24-9+. The number of amides is 1. The van der Waals surface area contributed by atoms with Gasteiger partial charge in [0, 0.05) is 25.7 Å². The molecule has 1 amide bonds. The molecular formula is C19H11BrClFN4OS. The van der Waals surface area contributed by atoms with Crippen LogP contribution in [0.4, 0.5) is 4.39 Å². The Hall–Kier alpha value is -2.55. The Morgan fingerprint density at radius 1 is 1.29 bits per heavy atom. The Morgan fingerprint density at radius 3 is 2.82 bits per heavy atom. The minimum absolute atomic E-state index is 0.322. The molecule has 0 aliphatic carbocycles. The molecule has 0 unspecified atom stereocenters. The molecule has 5 nitrogen and oxygen atoms in total. The highest BCUT2D eigenvalue weighted by molar-refractivity contribution is 9.10. The molecule has 2 aromatic heterocycles. The smallest absolute Gasteiger partial charge is 0.277 e. The van der Waals surface area contributed by atoms with Crippen molar-refractivity contribution >= 4 is 61.1 Å². The van der Waals surface area contributed by atoms with Crippen molar-refractivity contribution < 1.29 is 9.18 Å². The van der Waals surface area contributed by atoms with E-state index in [0.717, 1.165) is 20.1 Å². The van der Waals surface area contributed by atoms with Gasteiger partial charge in [-0.1, -0.05) is 33.6 Å². The van der Waals surface area contributed by atoms with Crippen molar-refractivity contribution in [3.05, 3.63) is 74.4 Å². The molecule has 28 heavy (non-hydrogen) atoms. The van der Waals surface area contributed by atoms with E-state index in [-0.39, 0.29) is 5.82 Å². The van der Waals surface area contributed by atoms with Crippen molar-refractivity contribution in [2.75, 3.05) is 0 Å². The van der Waals surface area contributed by atoms with Gasteiger partial charge < -0.3 is 0 Å². The monoisotopic (exact) mass is 476 g/mol. The van der Waals surface area contributed by atoms with Gasteiger partial charge in [0.05, 0.1) is 23.1 Å². The van der Waals surface area contributed by atoms with Crippen molar-refractivity contribution in [1.82, 2.24) is 15.6 Å². The average Bonchev–Trinajstić information content (AvgIpc) is 3.28. The highest BCUT2D eigenvalue weighted by atomic mass is 79.9. The van der Waals surface area contributed by atoms with Crippen molar-refractivity contribution in [2.24, 2.45) is 5.10 Å². The molecule has 0 fully saturated rings. The van der Waals surface area contributed by atoms with E-state index in [9.17, 15) is 9.18 Å². The van der Waals surface area contributed by atoms with E-state index in [2.05, 4.69) is 36.7 Å². The molecule has 0 spiro atoms. The number of aromatic nitrogens is 2. The van der Waals surface area contributed by atoms with Crippen molar-refractivity contribution in [3.8, 4) is 11.3 Å². The normalized spacial score (nSPS) is 11.4. The van der Waals surface area contributed by atoms with Crippen LogP contribution in [0, 0.1) is 5.82 Å². The number of fused-ring (bicyclic) bond motifs is 1. The van der Waals surface area contributed by atoms with Crippen molar-refractivity contribution in [2.45, 2.75) is 0 Å². The van der Waals surface area contributed by atoms with Crippen LogP contribution in [0.1, 0.15) is 15.2 Å². The first-order valence-electron chi connectivity index (χ1n) is 8.04. The summed E-state index contributed by atoms with van der Waals surface area (Å²) in [7, 11) is 0. The summed E-state index contributed by atoms with van der Waals surface area (Å²) < 4.78 is 14.8. The second kappa shape index (κ2) is 7.83. The Morgan fingerprint density at radius 2 is 2.07 bits per heavy atom. The second-order valence-electron chi connectivity index (χ2n) is 5.76. The summed E-state index contributed by atoms with van der Waals surface area (Å²) in [5.41, 5.74) is 4.56. The molecule has 140 valence electrons. The van der Waals surface area contributed by atoms with Gasteiger partial charge in [-0.25, -0.2) is 9.82 Å². The summed E-state index contributed by atoms with van der Waals surface area (Å²) in [4.78, 5) is 12.9. The van der Waals surface area contributed by atoms with Crippen LogP contribution in [-0.4, -0.2) is 22.3 Å². The van der Waals surface area contributed by atoms with Crippen molar-refractivity contribution in [1.29, 1.82) is 0 Å². The number of thiophene rings is 1. The minimum Gasteiger partial charge on any atom is -0.277 e. The Balaban J connectivity index is 1.54. The molecule has 0 saturated carbocycles. The minimum atomic E-state index is -0.402. The number of halogens is 3. The molecule has 0 aliphatic heterocycles. The second-order valence-corrected chi connectivity index (χ2v) is 8.05. The van der Waals surface area contributed by atoms with E-state index in [1.807, 2.05) is 18.2 Å². The predicted molar refractivity (Wildman–Crippen MR) is 114 cm³/mol. The molecular weight excluding hydrogens is 467 g/mol. The SMILES string of the molecule is O=C(N/N=C/c1cn[nH]c1-c1ccc(F)cc1)c1sc2cccc(Br)c2c1Cl. The third kappa shape index (κ3) is 3.58. The summed E-state index contributed by atoms with van der Waals surface area (Å²) >= 11 is 11.1. The lowest BCUT2D eigenvalue weighted by molar-refractivity contribution is 0.0959. The fourth-order valence-electron chi connectivity index (χ4n) is 2.67. The molecule has 2 heterocycles. The van der Waals surface area contributed by atoms with E-state index in [0.29, 0.717) is 21.2 Å². The number of nitrogens with zero attached hydrogens (tertiary/aromatic N) is 2. The first-order chi connectivity index (χ1) is 13.5. The number of hydrogen-bond acceptors (Lipinski definition) is 4. The van der Waals surface area contributed by atoms with Gasteiger partial charge in [-0.05, 0) is 36.4 Å². The number of H-pyrrole nitrogens is 1. The summed E-state index contributed by atoms with van der Waals surface area (Å²) in [5, 5.41) is 12.0. The fourth-order valence-corrected chi connectivity index (χ4v) is 4.95. The van der Waals surface area contributed by atoms with Gasteiger partial charge >= 0.3 is 0 Å². The summed E-state index contributed by atoms with van der Waals surface area (Å²) in [5.74, 6) is -0.723. The molecule has 0 saturated heterocycles. The first kappa shape index (κ1) is 18.8. The van der Waals surface area contributed by atoms with E-state index in [1.54, 1.807) is 18.3 Å². The number of benzene rings is 2. The number of aromatic amines is 1. The number of hydrogen-bond donors (Lipinski definition) is 2. The molecule has 4 rings (SSSR count). The lowest BCUT2D eigenvalue weighted by atomic mass is 10.1. The lowest BCUT2D eigenvalue weighted by Crippen LogP contribution is -2.16. The lowest BCUT2D eigenvalue weighted by Gasteiger charge is -2.00. The van der Waals surface area contributed by atoms with Crippen LogP contribution in [0.2, 0.25) is 5.02 Å². The average molecular weight is 478 g/mol. The number of rotatable bonds is 4. The highest BCUT2D eigenvalue weighted by Gasteiger charge is 2.18. The quantitative estimate of drug-likeness (QED) is 0.296. The highest BCUT2D eigenvalue weighted by Crippen LogP contribution is 2.39. The van der Waals surface area contributed by atoms with E-state index < -0.39 is 5.91 Å². The van der Waals surface area contributed by atoms with Gasteiger partial charge in [0.2, 0.25) is 0 Å². The van der Waals surface area contributed by atoms with Gasteiger partial charge in [0.15, 0.2) is 0 Å². The third-order valence-electron chi connectivity index (χ3n) is 3.98. The van der Waals surface area contributed by atoms with E-state index >= 15 is 0 Å². The maximum absolute atomic E-state index is 13.1. The molecule has 0 radical (unpaired) electrons. The predicted octanol–water partition coefficient (Wildman–Crippen LogP) is 5.61. The molecule has 4 aromatic rings. The number of carbonyl (C=O) groups is 1. The Bertz CT molecular complexity index is 1200. The molecule has 0 bridgehead atoms. The molecule has 2 aromatic carbocycles.